The fourth-order valence-electron chi connectivity index (χ4n) is 0.694. The van der Waals surface area contributed by atoms with E-state index in [0.717, 1.165) is 11.8 Å². The number of nitrogens with one attached hydrogen (secondary N) is 1. The number of ether oxygens (including phenoxy) is 1. The molecule has 1 atom stereocenters. The first-order valence-corrected chi connectivity index (χ1v) is 5.36. The van der Waals surface area contributed by atoms with Gasteiger partial charge in [0.05, 0.1) is 0 Å². The van der Waals surface area contributed by atoms with Crippen molar-refractivity contribution >= 4 is 28.9 Å². The Hall–Kier alpha value is -1.50. The van der Waals surface area contributed by atoms with E-state index in [4.69, 9.17) is 5.11 Å². The number of hydrogen-bond donors (Lipinski definition) is 2. The zero-order valence-corrected chi connectivity index (χ0v) is 9.58. The number of carbonyl (C=O) groups excluding carboxylic acids is 2. The molecule has 6 nitrogen and oxygen atoms in total. The summed E-state index contributed by atoms with van der Waals surface area (Å²) in [7, 11) is 0. The van der Waals surface area contributed by atoms with Crippen LogP contribution in [-0.2, 0) is 14.3 Å². The van der Waals surface area contributed by atoms with Gasteiger partial charge in [-0.05, 0) is 0 Å². The fraction of sp³-hybridized carbons (Fsp3) is 0.444. The largest absolute Gasteiger partial charge is 0.480 e. The molecule has 0 heterocycles. The number of carboxylic acid groups (broad SMARTS) is 1. The summed E-state index contributed by atoms with van der Waals surface area (Å²) >= 11 is 0.823. The predicted octanol–water partition coefficient (Wildman–Crippen LogP) is 0.631. The Morgan fingerprint density at radius 3 is 2.62 bits per heavy atom. The molecule has 0 aliphatic carbocycles. The molecule has 0 aromatic carbocycles. The van der Waals surface area contributed by atoms with E-state index < -0.39 is 18.1 Å². The summed E-state index contributed by atoms with van der Waals surface area (Å²) in [6, 6.07) is -1.15. The average Bonchev–Trinajstić information content (AvgIpc) is 2.20. The minimum absolute atomic E-state index is 0.00196. The summed E-state index contributed by atoms with van der Waals surface area (Å²) in [4.78, 5) is 32.4. The Labute approximate surface area is 97.0 Å². The standard InChI is InChI=1S/C9H13NO5S/c1-3-4-15-9(14)10-7(8(12)13)5-16-6(2)11/h3,7H,1,4-5H2,2H3,(H,10,14)(H,12,13)/t7-/m0/s1. The summed E-state index contributed by atoms with van der Waals surface area (Å²) in [5.41, 5.74) is 0. The third-order valence-corrected chi connectivity index (χ3v) is 2.28. The van der Waals surface area contributed by atoms with Crippen molar-refractivity contribution in [2.75, 3.05) is 12.4 Å². The quantitative estimate of drug-likeness (QED) is 0.669. The van der Waals surface area contributed by atoms with Crippen LogP contribution in [0.1, 0.15) is 6.92 Å². The van der Waals surface area contributed by atoms with Gasteiger partial charge < -0.3 is 15.2 Å². The Balaban J connectivity index is 4.11. The van der Waals surface area contributed by atoms with Crippen LogP contribution in [0.2, 0.25) is 0 Å². The number of aliphatic carboxylic acids is 1. The van der Waals surface area contributed by atoms with Crippen molar-refractivity contribution in [1.82, 2.24) is 5.32 Å². The van der Waals surface area contributed by atoms with Gasteiger partial charge in [-0.3, -0.25) is 4.79 Å². The number of carbonyl (C=O) groups is 3. The first-order valence-electron chi connectivity index (χ1n) is 4.37. The lowest BCUT2D eigenvalue weighted by Crippen LogP contribution is -2.43. The van der Waals surface area contributed by atoms with E-state index in [2.05, 4.69) is 16.6 Å². The molecule has 0 saturated carbocycles. The zero-order chi connectivity index (χ0) is 12.6. The minimum atomic E-state index is -1.22. The van der Waals surface area contributed by atoms with Crippen LogP contribution in [0.4, 0.5) is 4.79 Å². The van der Waals surface area contributed by atoms with Crippen molar-refractivity contribution in [3.05, 3.63) is 12.7 Å². The highest BCUT2D eigenvalue weighted by atomic mass is 32.2. The molecule has 16 heavy (non-hydrogen) atoms. The summed E-state index contributed by atoms with van der Waals surface area (Å²) < 4.78 is 4.55. The lowest BCUT2D eigenvalue weighted by Gasteiger charge is -2.12. The van der Waals surface area contributed by atoms with Crippen molar-refractivity contribution < 1.29 is 24.2 Å². The van der Waals surface area contributed by atoms with E-state index in [9.17, 15) is 14.4 Å². The van der Waals surface area contributed by atoms with Crippen LogP contribution in [0.3, 0.4) is 0 Å². The van der Waals surface area contributed by atoms with Crippen molar-refractivity contribution in [1.29, 1.82) is 0 Å². The van der Waals surface area contributed by atoms with E-state index in [0.29, 0.717) is 0 Å². The maximum absolute atomic E-state index is 11.0. The van der Waals surface area contributed by atoms with E-state index in [-0.39, 0.29) is 17.5 Å². The molecule has 0 aromatic rings. The Kier molecular flexibility index (Phi) is 7.02. The molecule has 0 rings (SSSR count). The summed E-state index contributed by atoms with van der Waals surface area (Å²) in [5, 5.41) is 10.7. The summed E-state index contributed by atoms with van der Waals surface area (Å²) in [6.07, 6.45) is 0.510. The third-order valence-electron chi connectivity index (χ3n) is 1.38. The number of alkyl carbamates (subject to hydrolysis) is 1. The number of thioether (sulfide) groups is 1. The van der Waals surface area contributed by atoms with Gasteiger partial charge in [0, 0.05) is 12.7 Å². The fourth-order valence-corrected chi connectivity index (χ4v) is 1.32. The molecule has 0 unspecified atom stereocenters. The van der Waals surface area contributed by atoms with Crippen LogP contribution in [0.15, 0.2) is 12.7 Å². The number of amides is 1. The molecule has 0 aromatic heterocycles. The van der Waals surface area contributed by atoms with Gasteiger partial charge in [0.1, 0.15) is 12.6 Å². The molecule has 0 bridgehead atoms. The molecular formula is C9H13NO5S. The number of hydrogen-bond acceptors (Lipinski definition) is 5. The summed E-state index contributed by atoms with van der Waals surface area (Å²) in [5.74, 6) is -1.25. The van der Waals surface area contributed by atoms with Gasteiger partial charge in [-0.15, -0.1) is 0 Å². The lowest BCUT2D eigenvalue weighted by molar-refractivity contribution is -0.138. The Morgan fingerprint density at radius 2 is 2.19 bits per heavy atom. The zero-order valence-electron chi connectivity index (χ0n) is 8.76. The smallest absolute Gasteiger partial charge is 0.408 e. The van der Waals surface area contributed by atoms with E-state index in [1.165, 1.54) is 13.0 Å². The van der Waals surface area contributed by atoms with Crippen molar-refractivity contribution in [2.45, 2.75) is 13.0 Å². The Bertz CT molecular complexity index is 292. The molecule has 0 fully saturated rings. The molecule has 90 valence electrons. The molecule has 0 saturated heterocycles. The molecule has 7 heteroatoms. The van der Waals surface area contributed by atoms with E-state index >= 15 is 0 Å². The SMILES string of the molecule is C=CCOC(=O)N[C@@H](CSC(C)=O)C(=O)O. The second-order valence-corrected chi connectivity index (χ2v) is 3.92. The van der Waals surface area contributed by atoms with Gasteiger partial charge in [-0.1, -0.05) is 24.4 Å². The van der Waals surface area contributed by atoms with Crippen LogP contribution in [-0.4, -0.2) is 40.7 Å². The lowest BCUT2D eigenvalue weighted by atomic mass is 10.3. The van der Waals surface area contributed by atoms with E-state index in [1.54, 1.807) is 0 Å². The first kappa shape index (κ1) is 14.5. The normalized spacial score (nSPS) is 11.3. The molecule has 0 spiro atoms. The van der Waals surface area contributed by atoms with Gasteiger partial charge >= 0.3 is 12.1 Å². The second kappa shape index (κ2) is 7.75. The maximum atomic E-state index is 11.0. The molecular weight excluding hydrogens is 234 g/mol. The van der Waals surface area contributed by atoms with Crippen molar-refractivity contribution in [2.24, 2.45) is 0 Å². The highest BCUT2D eigenvalue weighted by Gasteiger charge is 2.21. The molecule has 0 aliphatic rings. The van der Waals surface area contributed by atoms with Gasteiger partial charge in [-0.25, -0.2) is 9.59 Å². The molecule has 0 aliphatic heterocycles. The van der Waals surface area contributed by atoms with Gasteiger partial charge in [0.2, 0.25) is 0 Å². The number of rotatable bonds is 6. The Morgan fingerprint density at radius 1 is 1.56 bits per heavy atom. The minimum Gasteiger partial charge on any atom is -0.480 e. The van der Waals surface area contributed by atoms with E-state index in [1.807, 2.05) is 0 Å². The van der Waals surface area contributed by atoms with Crippen molar-refractivity contribution in [3.8, 4) is 0 Å². The highest BCUT2D eigenvalue weighted by Crippen LogP contribution is 2.04. The monoisotopic (exact) mass is 247 g/mol. The topological polar surface area (TPSA) is 92.7 Å². The average molecular weight is 247 g/mol. The number of carboxylic acids is 1. The van der Waals surface area contributed by atoms with Gasteiger partial charge in [-0.2, -0.15) is 0 Å². The first-order chi connectivity index (χ1) is 7.47. The predicted molar refractivity (Wildman–Crippen MR) is 59.2 cm³/mol. The van der Waals surface area contributed by atoms with Gasteiger partial charge in [0.15, 0.2) is 5.12 Å². The maximum Gasteiger partial charge on any atom is 0.408 e. The van der Waals surface area contributed by atoms with Crippen LogP contribution >= 0.6 is 11.8 Å². The van der Waals surface area contributed by atoms with Crippen LogP contribution < -0.4 is 5.32 Å². The molecule has 1 amide bonds. The second-order valence-electron chi connectivity index (χ2n) is 2.72. The van der Waals surface area contributed by atoms with Crippen LogP contribution in [0, 0.1) is 0 Å². The van der Waals surface area contributed by atoms with Crippen LogP contribution in [0.5, 0.6) is 0 Å². The van der Waals surface area contributed by atoms with Gasteiger partial charge in [0.25, 0.3) is 0 Å². The molecule has 2 N–H and O–H groups in total. The highest BCUT2D eigenvalue weighted by molar-refractivity contribution is 8.13. The van der Waals surface area contributed by atoms with Crippen molar-refractivity contribution in [3.63, 3.8) is 0 Å². The van der Waals surface area contributed by atoms with Crippen LogP contribution in [0.25, 0.3) is 0 Å². The third kappa shape index (κ3) is 6.88. The summed E-state index contributed by atoms with van der Waals surface area (Å²) in [6.45, 7) is 4.65. The molecule has 0 radical (unpaired) electrons.